The van der Waals surface area contributed by atoms with Crippen molar-refractivity contribution in [3.05, 3.63) is 86.9 Å². The van der Waals surface area contributed by atoms with Gasteiger partial charge < -0.3 is 4.90 Å². The highest BCUT2D eigenvalue weighted by Gasteiger charge is 2.16. The number of nitrogens with zero attached hydrogens (tertiary/aromatic N) is 2. The highest BCUT2D eigenvalue weighted by molar-refractivity contribution is 6.32. The Bertz CT molecular complexity index is 891. The number of amides is 1. The van der Waals surface area contributed by atoms with Crippen LogP contribution >= 0.6 is 11.6 Å². The van der Waals surface area contributed by atoms with Gasteiger partial charge in [-0.25, -0.2) is 0 Å². The highest BCUT2D eigenvalue weighted by Crippen LogP contribution is 2.26. The van der Waals surface area contributed by atoms with Crippen molar-refractivity contribution in [1.82, 2.24) is 4.90 Å². The first-order valence-corrected chi connectivity index (χ1v) is 8.58. The molecule has 6 heteroatoms. The zero-order chi connectivity index (χ0) is 18.5. The van der Waals surface area contributed by atoms with Gasteiger partial charge in [-0.05, 0) is 35.3 Å². The van der Waals surface area contributed by atoms with Gasteiger partial charge in [0.15, 0.2) is 0 Å². The Morgan fingerprint density at radius 3 is 2.62 bits per heavy atom. The van der Waals surface area contributed by atoms with Crippen molar-refractivity contribution in [2.24, 2.45) is 0 Å². The van der Waals surface area contributed by atoms with Crippen molar-refractivity contribution in [2.45, 2.75) is 6.42 Å². The summed E-state index contributed by atoms with van der Waals surface area (Å²) in [6.45, 7) is 1.19. The lowest BCUT2D eigenvalue weighted by molar-refractivity contribution is -0.384. The van der Waals surface area contributed by atoms with E-state index >= 15 is 0 Å². The Kier molecular flexibility index (Phi) is 5.49. The van der Waals surface area contributed by atoms with E-state index in [1.807, 2.05) is 18.2 Å². The third-order valence-corrected chi connectivity index (χ3v) is 4.57. The van der Waals surface area contributed by atoms with Crippen LogP contribution in [0.25, 0.3) is 11.6 Å². The smallest absolute Gasteiger partial charge is 0.288 e. The molecule has 0 spiro atoms. The molecule has 5 nitrogen and oxygen atoms in total. The molecular formula is C20H17ClN2O3. The van der Waals surface area contributed by atoms with Gasteiger partial charge in [0.2, 0.25) is 5.91 Å². The fourth-order valence-electron chi connectivity index (χ4n) is 2.83. The van der Waals surface area contributed by atoms with E-state index < -0.39 is 4.92 Å². The molecule has 2 aromatic carbocycles. The third kappa shape index (κ3) is 4.18. The first-order valence-electron chi connectivity index (χ1n) is 8.20. The Morgan fingerprint density at radius 2 is 1.96 bits per heavy atom. The highest BCUT2D eigenvalue weighted by atomic mass is 35.5. The summed E-state index contributed by atoms with van der Waals surface area (Å²) in [4.78, 5) is 24.5. The van der Waals surface area contributed by atoms with Crippen LogP contribution in [0.3, 0.4) is 0 Å². The standard InChI is InChI=1S/C20H17ClN2O3/c21-18-8-6-15(14-19(18)23(25)26)7-9-20(24)22-12-10-17(11-13-22)16-4-2-1-3-5-16/h1-10,14H,11-13H2. The van der Waals surface area contributed by atoms with Gasteiger partial charge in [0, 0.05) is 25.2 Å². The first-order chi connectivity index (χ1) is 12.5. The van der Waals surface area contributed by atoms with Gasteiger partial charge in [0.05, 0.1) is 4.92 Å². The fraction of sp³-hybridized carbons (Fsp3) is 0.150. The molecule has 0 fully saturated rings. The second kappa shape index (κ2) is 7.97. The van der Waals surface area contributed by atoms with Gasteiger partial charge in [-0.1, -0.05) is 54.1 Å². The summed E-state index contributed by atoms with van der Waals surface area (Å²) in [5.41, 5.74) is 2.82. The average Bonchev–Trinajstić information content (AvgIpc) is 2.67. The molecule has 1 amide bonds. The second-order valence-corrected chi connectivity index (χ2v) is 6.34. The summed E-state index contributed by atoms with van der Waals surface area (Å²) in [6, 6.07) is 14.6. The predicted octanol–water partition coefficient (Wildman–Crippen LogP) is 4.58. The van der Waals surface area contributed by atoms with E-state index in [2.05, 4.69) is 18.2 Å². The Hall–Kier alpha value is -2.92. The summed E-state index contributed by atoms with van der Waals surface area (Å²) < 4.78 is 0. The molecule has 0 bridgehead atoms. The SMILES string of the molecule is O=C(C=Cc1ccc(Cl)c([N+](=O)[O-])c1)N1CC=C(c2ccccc2)CC1. The minimum absolute atomic E-state index is 0.0769. The molecule has 0 unspecified atom stereocenters. The number of hydrogen-bond donors (Lipinski definition) is 0. The molecule has 0 radical (unpaired) electrons. The molecule has 132 valence electrons. The van der Waals surface area contributed by atoms with Crippen molar-refractivity contribution in [3.8, 4) is 0 Å². The molecule has 3 rings (SSSR count). The molecule has 0 saturated carbocycles. The molecule has 26 heavy (non-hydrogen) atoms. The van der Waals surface area contributed by atoms with Crippen LogP contribution in [0.5, 0.6) is 0 Å². The normalized spacial score (nSPS) is 14.3. The third-order valence-electron chi connectivity index (χ3n) is 4.25. The molecule has 0 aliphatic carbocycles. The zero-order valence-electron chi connectivity index (χ0n) is 14.0. The van der Waals surface area contributed by atoms with Crippen molar-refractivity contribution in [3.63, 3.8) is 0 Å². The van der Waals surface area contributed by atoms with E-state index in [0.29, 0.717) is 18.7 Å². The van der Waals surface area contributed by atoms with E-state index in [1.54, 1.807) is 17.0 Å². The van der Waals surface area contributed by atoms with Crippen LogP contribution in [0.4, 0.5) is 5.69 Å². The second-order valence-electron chi connectivity index (χ2n) is 5.93. The van der Waals surface area contributed by atoms with Crippen LogP contribution in [0.1, 0.15) is 17.5 Å². The first kappa shape index (κ1) is 17.9. The molecule has 0 aromatic heterocycles. The maximum absolute atomic E-state index is 12.4. The molecular weight excluding hydrogens is 352 g/mol. The molecule has 0 N–H and O–H groups in total. The summed E-state index contributed by atoms with van der Waals surface area (Å²) >= 11 is 5.79. The van der Waals surface area contributed by atoms with E-state index in [0.717, 1.165) is 6.42 Å². The van der Waals surface area contributed by atoms with Crippen LogP contribution in [-0.2, 0) is 4.79 Å². The van der Waals surface area contributed by atoms with Gasteiger partial charge in [0.1, 0.15) is 5.02 Å². The number of nitro groups is 1. The van der Waals surface area contributed by atoms with Crippen LogP contribution < -0.4 is 0 Å². The largest absolute Gasteiger partial charge is 0.335 e. The summed E-state index contributed by atoms with van der Waals surface area (Å²) in [5.74, 6) is -0.119. The van der Waals surface area contributed by atoms with Crippen molar-refractivity contribution in [2.75, 3.05) is 13.1 Å². The van der Waals surface area contributed by atoms with Gasteiger partial charge in [0.25, 0.3) is 5.69 Å². The number of carbonyl (C=O) groups excluding carboxylic acids is 1. The summed E-state index contributed by atoms with van der Waals surface area (Å²) in [7, 11) is 0. The minimum Gasteiger partial charge on any atom is -0.335 e. The summed E-state index contributed by atoms with van der Waals surface area (Å²) in [6.07, 6.45) is 5.88. The van der Waals surface area contributed by atoms with Crippen molar-refractivity contribution in [1.29, 1.82) is 0 Å². The lowest BCUT2D eigenvalue weighted by atomic mass is 9.99. The van der Waals surface area contributed by atoms with Crippen molar-refractivity contribution >= 4 is 34.8 Å². The predicted molar refractivity (Wildman–Crippen MR) is 103 cm³/mol. The van der Waals surface area contributed by atoms with E-state index in [-0.39, 0.29) is 16.6 Å². The number of halogens is 1. The number of benzene rings is 2. The Balaban J connectivity index is 1.66. The number of nitro benzene ring substituents is 1. The van der Waals surface area contributed by atoms with Gasteiger partial charge in [-0.3, -0.25) is 14.9 Å². The maximum Gasteiger partial charge on any atom is 0.288 e. The van der Waals surface area contributed by atoms with Gasteiger partial charge in [-0.2, -0.15) is 0 Å². The van der Waals surface area contributed by atoms with Gasteiger partial charge >= 0.3 is 0 Å². The maximum atomic E-state index is 12.4. The van der Waals surface area contributed by atoms with E-state index in [4.69, 9.17) is 11.6 Å². The quantitative estimate of drug-likeness (QED) is 0.451. The van der Waals surface area contributed by atoms with Crippen LogP contribution in [-0.4, -0.2) is 28.8 Å². The molecule has 2 aromatic rings. The zero-order valence-corrected chi connectivity index (χ0v) is 14.7. The molecule has 1 aliphatic rings. The lowest BCUT2D eigenvalue weighted by Crippen LogP contribution is -2.33. The molecule has 0 saturated heterocycles. The summed E-state index contributed by atoms with van der Waals surface area (Å²) in [5, 5.41) is 11.0. The monoisotopic (exact) mass is 368 g/mol. The number of rotatable bonds is 4. The molecule has 1 aliphatic heterocycles. The van der Waals surface area contributed by atoms with E-state index in [9.17, 15) is 14.9 Å². The number of hydrogen-bond acceptors (Lipinski definition) is 3. The Labute approximate surface area is 156 Å². The lowest BCUT2D eigenvalue weighted by Gasteiger charge is -2.25. The van der Waals surface area contributed by atoms with Gasteiger partial charge in [-0.15, -0.1) is 0 Å². The average molecular weight is 369 g/mol. The minimum atomic E-state index is -0.540. The van der Waals surface area contributed by atoms with Crippen LogP contribution in [0.15, 0.2) is 60.7 Å². The van der Waals surface area contributed by atoms with E-state index in [1.165, 1.54) is 29.3 Å². The molecule has 0 atom stereocenters. The molecule has 1 heterocycles. The topological polar surface area (TPSA) is 63.4 Å². The number of carbonyl (C=O) groups is 1. The van der Waals surface area contributed by atoms with Crippen molar-refractivity contribution < 1.29 is 9.72 Å². The fourth-order valence-corrected chi connectivity index (χ4v) is 3.02. The van der Waals surface area contributed by atoms with Crippen LogP contribution in [0.2, 0.25) is 5.02 Å². The Morgan fingerprint density at radius 1 is 1.19 bits per heavy atom. The van der Waals surface area contributed by atoms with Crippen LogP contribution in [0, 0.1) is 10.1 Å².